The summed E-state index contributed by atoms with van der Waals surface area (Å²) in [5.74, 6) is 2.04. The first-order chi connectivity index (χ1) is 17.1. The van der Waals surface area contributed by atoms with E-state index in [1.54, 1.807) is 41.6 Å². The van der Waals surface area contributed by atoms with Gasteiger partial charge in [-0.15, -0.1) is 5.10 Å². The molecule has 5 rings (SSSR count). The largest absolute Gasteiger partial charge is 0.497 e. The maximum Gasteiger partial charge on any atom is 0.272 e. The smallest absolute Gasteiger partial charge is 0.272 e. The van der Waals surface area contributed by atoms with Crippen LogP contribution < -0.4 is 14.2 Å². The summed E-state index contributed by atoms with van der Waals surface area (Å²) in [6.45, 7) is 1.43. The molecule has 3 heterocycles. The molecule has 1 aliphatic heterocycles. The molecule has 0 spiro atoms. The number of ether oxygens (including phenoxy) is 3. The fourth-order valence-corrected chi connectivity index (χ4v) is 4.00. The molecule has 1 amide bonds. The van der Waals surface area contributed by atoms with Crippen molar-refractivity contribution in [3.05, 3.63) is 72.2 Å². The number of aryl methyl sites for hydroxylation is 1. The minimum atomic E-state index is -0.0860. The SMILES string of the molecule is COc1ccc(OC)c(-c2cc(C(=O)N3CC(n4cc(COc5ccccc5)nn4)C3)n(C)n2)c1. The van der Waals surface area contributed by atoms with Crippen LogP contribution in [0.3, 0.4) is 0 Å². The predicted octanol–water partition coefficient (Wildman–Crippen LogP) is 2.97. The molecule has 10 heteroatoms. The number of carbonyl (C=O) groups is 1. The molecule has 0 bridgehead atoms. The Balaban J connectivity index is 1.23. The summed E-state index contributed by atoms with van der Waals surface area (Å²) >= 11 is 0. The molecule has 0 radical (unpaired) electrons. The van der Waals surface area contributed by atoms with Crippen LogP contribution in [0.4, 0.5) is 0 Å². The fourth-order valence-electron chi connectivity index (χ4n) is 4.00. The minimum absolute atomic E-state index is 0.0723. The number of para-hydroxylation sites is 1. The third-order valence-electron chi connectivity index (χ3n) is 5.99. The highest BCUT2D eigenvalue weighted by Crippen LogP contribution is 2.33. The molecule has 1 aliphatic rings. The van der Waals surface area contributed by atoms with Gasteiger partial charge in [-0.1, -0.05) is 23.4 Å². The lowest BCUT2D eigenvalue weighted by atomic mass is 10.1. The van der Waals surface area contributed by atoms with Gasteiger partial charge in [0, 0.05) is 25.7 Å². The molecule has 2 aromatic heterocycles. The zero-order valence-electron chi connectivity index (χ0n) is 19.8. The lowest BCUT2D eigenvalue weighted by Gasteiger charge is -2.38. The Bertz CT molecular complexity index is 1330. The highest BCUT2D eigenvalue weighted by molar-refractivity contribution is 5.94. The maximum absolute atomic E-state index is 13.2. The number of benzene rings is 2. The number of likely N-dealkylation sites (tertiary alicyclic amines) is 1. The van der Waals surface area contributed by atoms with Crippen LogP contribution in [0.2, 0.25) is 0 Å². The molecule has 35 heavy (non-hydrogen) atoms. The van der Waals surface area contributed by atoms with E-state index in [1.165, 1.54) is 0 Å². The highest BCUT2D eigenvalue weighted by Gasteiger charge is 2.35. The minimum Gasteiger partial charge on any atom is -0.497 e. The third-order valence-corrected chi connectivity index (χ3v) is 5.99. The number of amides is 1. The van der Waals surface area contributed by atoms with Crippen molar-refractivity contribution in [2.24, 2.45) is 7.05 Å². The second-order valence-corrected chi connectivity index (χ2v) is 8.26. The van der Waals surface area contributed by atoms with E-state index in [1.807, 2.05) is 54.7 Å². The summed E-state index contributed by atoms with van der Waals surface area (Å²) in [6, 6.07) is 16.9. The number of aromatic nitrogens is 5. The normalized spacial score (nSPS) is 13.4. The zero-order valence-corrected chi connectivity index (χ0v) is 19.8. The third kappa shape index (κ3) is 4.54. The van der Waals surface area contributed by atoms with Gasteiger partial charge in [0.1, 0.15) is 35.2 Å². The Morgan fingerprint density at radius 1 is 1.03 bits per heavy atom. The van der Waals surface area contributed by atoms with Crippen LogP contribution in [0, 0.1) is 0 Å². The Morgan fingerprint density at radius 3 is 2.57 bits per heavy atom. The Kier molecular flexibility index (Phi) is 6.09. The first-order valence-corrected chi connectivity index (χ1v) is 11.2. The summed E-state index contributed by atoms with van der Waals surface area (Å²) in [5, 5.41) is 13.0. The fraction of sp³-hybridized carbons (Fsp3) is 0.280. The van der Waals surface area contributed by atoms with Gasteiger partial charge in [0.15, 0.2) is 0 Å². The van der Waals surface area contributed by atoms with Crippen molar-refractivity contribution in [2.45, 2.75) is 12.6 Å². The van der Waals surface area contributed by atoms with Crippen molar-refractivity contribution < 1.29 is 19.0 Å². The van der Waals surface area contributed by atoms with Gasteiger partial charge in [-0.2, -0.15) is 5.10 Å². The average molecular weight is 475 g/mol. The summed E-state index contributed by atoms with van der Waals surface area (Å²) in [5.41, 5.74) is 2.64. The van der Waals surface area contributed by atoms with Crippen LogP contribution in [0.15, 0.2) is 60.8 Å². The number of rotatable bonds is 8. The first-order valence-electron chi connectivity index (χ1n) is 11.2. The highest BCUT2D eigenvalue weighted by atomic mass is 16.5. The first kappa shape index (κ1) is 22.5. The van der Waals surface area contributed by atoms with Gasteiger partial charge in [0.25, 0.3) is 5.91 Å². The quantitative estimate of drug-likeness (QED) is 0.387. The standard InChI is InChI=1S/C25H26N6O4/c1-29-23(12-22(27-29)21-11-20(33-2)9-10-24(21)34-3)25(32)30-14-18(15-30)31-13-17(26-28-31)16-35-19-7-5-4-6-8-19/h4-13,18H,14-16H2,1-3H3. The van der Waals surface area contributed by atoms with Crippen LogP contribution in [0.25, 0.3) is 11.3 Å². The second-order valence-electron chi connectivity index (χ2n) is 8.26. The second kappa shape index (κ2) is 9.49. The monoisotopic (exact) mass is 474 g/mol. The van der Waals surface area contributed by atoms with E-state index in [4.69, 9.17) is 14.2 Å². The van der Waals surface area contributed by atoms with Gasteiger partial charge < -0.3 is 19.1 Å². The van der Waals surface area contributed by atoms with E-state index < -0.39 is 0 Å². The van der Waals surface area contributed by atoms with Crippen molar-refractivity contribution in [2.75, 3.05) is 27.3 Å². The molecule has 0 aliphatic carbocycles. The summed E-state index contributed by atoms with van der Waals surface area (Å²) < 4.78 is 19.9. The van der Waals surface area contributed by atoms with Crippen molar-refractivity contribution in [3.63, 3.8) is 0 Å². The van der Waals surface area contributed by atoms with Crippen molar-refractivity contribution >= 4 is 5.91 Å². The molecule has 0 unspecified atom stereocenters. The molecule has 1 saturated heterocycles. The lowest BCUT2D eigenvalue weighted by Crippen LogP contribution is -2.51. The van der Waals surface area contributed by atoms with Gasteiger partial charge >= 0.3 is 0 Å². The lowest BCUT2D eigenvalue weighted by molar-refractivity contribution is 0.0487. The molecule has 0 saturated carbocycles. The van der Waals surface area contributed by atoms with E-state index in [2.05, 4.69) is 15.4 Å². The van der Waals surface area contributed by atoms with E-state index in [-0.39, 0.29) is 11.9 Å². The van der Waals surface area contributed by atoms with Gasteiger partial charge in [0.2, 0.25) is 0 Å². The molecule has 180 valence electrons. The van der Waals surface area contributed by atoms with Crippen LogP contribution in [-0.4, -0.2) is 62.9 Å². The summed E-state index contributed by atoms with van der Waals surface area (Å²) in [7, 11) is 4.97. The average Bonchev–Trinajstić information content (AvgIpc) is 3.48. The Labute approximate surface area is 202 Å². The molecule has 0 atom stereocenters. The van der Waals surface area contributed by atoms with Crippen LogP contribution in [0.1, 0.15) is 22.2 Å². The Hall–Kier alpha value is -4.34. The van der Waals surface area contributed by atoms with E-state index in [9.17, 15) is 4.79 Å². The van der Waals surface area contributed by atoms with E-state index >= 15 is 0 Å². The van der Waals surface area contributed by atoms with Gasteiger partial charge in [-0.25, -0.2) is 4.68 Å². The molecule has 0 N–H and O–H groups in total. The predicted molar refractivity (Wildman–Crippen MR) is 127 cm³/mol. The Morgan fingerprint density at radius 2 is 1.83 bits per heavy atom. The molecular formula is C25H26N6O4. The molecule has 1 fully saturated rings. The van der Waals surface area contributed by atoms with Gasteiger partial charge in [-0.05, 0) is 36.4 Å². The number of carbonyl (C=O) groups excluding carboxylic acids is 1. The summed E-state index contributed by atoms with van der Waals surface area (Å²) in [4.78, 5) is 14.9. The van der Waals surface area contributed by atoms with E-state index in [0.29, 0.717) is 42.6 Å². The number of nitrogens with zero attached hydrogens (tertiary/aromatic N) is 6. The zero-order chi connectivity index (χ0) is 24.4. The maximum atomic E-state index is 13.2. The summed E-state index contributed by atoms with van der Waals surface area (Å²) in [6.07, 6.45) is 1.87. The van der Waals surface area contributed by atoms with Crippen LogP contribution >= 0.6 is 0 Å². The molecule has 2 aromatic carbocycles. The molecule has 10 nitrogen and oxygen atoms in total. The molecule has 4 aromatic rings. The number of methoxy groups -OCH3 is 2. The number of hydrogen-bond acceptors (Lipinski definition) is 7. The van der Waals surface area contributed by atoms with Crippen LogP contribution in [-0.2, 0) is 13.7 Å². The van der Waals surface area contributed by atoms with Crippen molar-refractivity contribution in [1.82, 2.24) is 29.7 Å². The van der Waals surface area contributed by atoms with Crippen molar-refractivity contribution in [3.8, 4) is 28.5 Å². The van der Waals surface area contributed by atoms with E-state index in [0.717, 1.165) is 17.0 Å². The van der Waals surface area contributed by atoms with Gasteiger partial charge in [0.05, 0.1) is 32.2 Å². The van der Waals surface area contributed by atoms with Crippen molar-refractivity contribution in [1.29, 1.82) is 0 Å². The molecular weight excluding hydrogens is 448 g/mol. The van der Waals surface area contributed by atoms with Gasteiger partial charge in [-0.3, -0.25) is 9.48 Å². The number of hydrogen-bond donors (Lipinski definition) is 0. The topological polar surface area (TPSA) is 96.5 Å². The van der Waals surface area contributed by atoms with Crippen LogP contribution in [0.5, 0.6) is 17.2 Å².